The van der Waals surface area contributed by atoms with Crippen molar-refractivity contribution >= 4 is 17.5 Å². The minimum atomic E-state index is -0.767. The Bertz CT molecular complexity index is 675. The molecule has 2 aromatic rings. The molecule has 0 aliphatic carbocycles. The highest BCUT2D eigenvalue weighted by molar-refractivity contribution is 5.76. The number of benzene rings is 1. The van der Waals surface area contributed by atoms with Crippen molar-refractivity contribution in [2.75, 3.05) is 36.5 Å². The Hall–Kier alpha value is -2.56. The normalized spacial score (nSPS) is 15.2. The van der Waals surface area contributed by atoms with E-state index in [1.54, 1.807) is 6.20 Å². The van der Waals surface area contributed by atoms with Gasteiger partial charge in [0.1, 0.15) is 0 Å². The number of aliphatic carboxylic acids is 1. The molecule has 0 spiro atoms. The molecule has 1 aliphatic heterocycles. The maximum Gasteiger partial charge on any atom is 0.311 e. The SMILES string of the molecule is CN1CCN(CCC(C(=O)O)c2ccccc2)c2cccnc21. The van der Waals surface area contributed by atoms with Crippen LogP contribution < -0.4 is 9.80 Å². The first-order chi connectivity index (χ1) is 11.2. The summed E-state index contributed by atoms with van der Waals surface area (Å²) in [4.78, 5) is 20.4. The van der Waals surface area contributed by atoms with E-state index in [1.807, 2.05) is 43.4 Å². The van der Waals surface area contributed by atoms with E-state index in [0.717, 1.165) is 30.2 Å². The molecule has 0 saturated heterocycles. The molecule has 0 fully saturated rings. The summed E-state index contributed by atoms with van der Waals surface area (Å²) in [6.07, 6.45) is 2.38. The van der Waals surface area contributed by atoms with Crippen molar-refractivity contribution in [3.8, 4) is 0 Å². The minimum Gasteiger partial charge on any atom is -0.481 e. The standard InChI is InChI=1S/C18H21N3O2/c1-20-12-13-21(16-8-5-10-19-17(16)20)11-9-15(18(22)23)14-6-3-2-4-7-14/h2-8,10,15H,9,11-13H2,1H3,(H,22,23). The molecule has 0 bridgehead atoms. The number of hydrogen-bond donors (Lipinski definition) is 1. The number of rotatable bonds is 5. The Morgan fingerprint density at radius 2 is 2.00 bits per heavy atom. The first-order valence-electron chi connectivity index (χ1n) is 7.85. The number of anilines is 2. The number of hydrogen-bond acceptors (Lipinski definition) is 4. The van der Waals surface area contributed by atoms with Gasteiger partial charge < -0.3 is 14.9 Å². The zero-order chi connectivity index (χ0) is 16.2. The van der Waals surface area contributed by atoms with Gasteiger partial charge >= 0.3 is 5.97 Å². The Balaban J connectivity index is 1.75. The van der Waals surface area contributed by atoms with E-state index in [-0.39, 0.29) is 0 Å². The molecule has 1 aliphatic rings. The highest BCUT2D eigenvalue weighted by atomic mass is 16.4. The molecule has 5 nitrogen and oxygen atoms in total. The second-order valence-corrected chi connectivity index (χ2v) is 5.84. The lowest BCUT2D eigenvalue weighted by Crippen LogP contribution is -2.40. The summed E-state index contributed by atoms with van der Waals surface area (Å²) < 4.78 is 0. The Labute approximate surface area is 136 Å². The average Bonchev–Trinajstić information content (AvgIpc) is 2.58. The highest BCUT2D eigenvalue weighted by Gasteiger charge is 2.24. The third kappa shape index (κ3) is 3.28. The summed E-state index contributed by atoms with van der Waals surface area (Å²) in [6, 6.07) is 13.4. The van der Waals surface area contributed by atoms with Gasteiger partial charge in [-0.15, -0.1) is 0 Å². The van der Waals surface area contributed by atoms with Crippen molar-refractivity contribution in [1.29, 1.82) is 0 Å². The number of fused-ring (bicyclic) bond motifs is 1. The maximum atomic E-state index is 11.6. The Morgan fingerprint density at radius 1 is 1.22 bits per heavy atom. The monoisotopic (exact) mass is 311 g/mol. The number of carbonyl (C=O) groups is 1. The molecule has 23 heavy (non-hydrogen) atoms. The predicted molar refractivity (Wildman–Crippen MR) is 91.2 cm³/mol. The van der Waals surface area contributed by atoms with Gasteiger partial charge in [-0.2, -0.15) is 0 Å². The van der Waals surface area contributed by atoms with Crippen LogP contribution in [-0.4, -0.2) is 42.7 Å². The summed E-state index contributed by atoms with van der Waals surface area (Å²) in [5.41, 5.74) is 1.94. The van der Waals surface area contributed by atoms with Gasteiger partial charge in [-0.3, -0.25) is 4.79 Å². The van der Waals surface area contributed by atoms with Crippen LogP contribution in [0.3, 0.4) is 0 Å². The molecule has 0 amide bonds. The number of nitrogens with zero attached hydrogens (tertiary/aromatic N) is 3. The van der Waals surface area contributed by atoms with Gasteiger partial charge in [-0.1, -0.05) is 30.3 Å². The van der Waals surface area contributed by atoms with Crippen LogP contribution in [0.1, 0.15) is 17.9 Å². The molecule has 2 heterocycles. The molecule has 1 aromatic carbocycles. The highest BCUT2D eigenvalue weighted by Crippen LogP contribution is 2.30. The number of carboxylic acid groups (broad SMARTS) is 1. The number of aromatic nitrogens is 1. The minimum absolute atomic E-state index is 0.476. The van der Waals surface area contributed by atoms with E-state index in [0.29, 0.717) is 13.0 Å². The third-order valence-electron chi connectivity index (χ3n) is 4.36. The second kappa shape index (κ2) is 6.69. The van der Waals surface area contributed by atoms with Gasteiger partial charge in [-0.05, 0) is 24.1 Å². The van der Waals surface area contributed by atoms with Gasteiger partial charge in [0.25, 0.3) is 0 Å². The fraction of sp³-hybridized carbons (Fsp3) is 0.333. The van der Waals surface area contributed by atoms with Gasteiger partial charge in [0.2, 0.25) is 0 Å². The van der Waals surface area contributed by atoms with Crippen molar-refractivity contribution in [3.63, 3.8) is 0 Å². The van der Waals surface area contributed by atoms with Gasteiger partial charge in [0.05, 0.1) is 11.6 Å². The lowest BCUT2D eigenvalue weighted by atomic mass is 9.95. The quantitative estimate of drug-likeness (QED) is 0.920. The third-order valence-corrected chi connectivity index (χ3v) is 4.36. The second-order valence-electron chi connectivity index (χ2n) is 5.84. The Morgan fingerprint density at radius 3 is 2.74 bits per heavy atom. The van der Waals surface area contributed by atoms with Crippen molar-refractivity contribution in [2.45, 2.75) is 12.3 Å². The summed E-state index contributed by atoms with van der Waals surface area (Å²) >= 11 is 0. The van der Waals surface area contributed by atoms with Gasteiger partial charge in [-0.25, -0.2) is 4.98 Å². The number of likely N-dealkylation sites (N-methyl/N-ethyl adjacent to an activating group) is 1. The van der Waals surface area contributed by atoms with Crippen molar-refractivity contribution < 1.29 is 9.90 Å². The molecule has 1 unspecified atom stereocenters. The van der Waals surface area contributed by atoms with E-state index >= 15 is 0 Å². The number of pyridine rings is 1. The fourth-order valence-corrected chi connectivity index (χ4v) is 3.06. The molecule has 3 rings (SSSR count). The van der Waals surface area contributed by atoms with E-state index in [9.17, 15) is 9.90 Å². The predicted octanol–water partition coefficient (Wildman–Crippen LogP) is 2.60. The van der Waals surface area contributed by atoms with E-state index in [2.05, 4.69) is 20.9 Å². The number of carboxylic acids is 1. The van der Waals surface area contributed by atoms with Gasteiger partial charge in [0.15, 0.2) is 5.82 Å². The summed E-state index contributed by atoms with van der Waals surface area (Å²) in [7, 11) is 2.03. The molecule has 0 saturated carbocycles. The molecule has 0 radical (unpaired) electrons. The van der Waals surface area contributed by atoms with Crippen molar-refractivity contribution in [2.24, 2.45) is 0 Å². The Kier molecular flexibility index (Phi) is 4.46. The molecule has 1 N–H and O–H groups in total. The molecule has 1 aromatic heterocycles. The summed E-state index contributed by atoms with van der Waals surface area (Å²) in [6.45, 7) is 2.49. The molecule has 1 atom stereocenters. The van der Waals surface area contributed by atoms with Crippen LogP contribution in [0.2, 0.25) is 0 Å². The van der Waals surface area contributed by atoms with E-state index < -0.39 is 11.9 Å². The zero-order valence-corrected chi connectivity index (χ0v) is 13.2. The van der Waals surface area contributed by atoms with Gasteiger partial charge in [0, 0.05) is 32.9 Å². The van der Waals surface area contributed by atoms with Crippen LogP contribution in [-0.2, 0) is 4.79 Å². The van der Waals surface area contributed by atoms with Crippen LogP contribution in [0.25, 0.3) is 0 Å². The fourth-order valence-electron chi connectivity index (χ4n) is 3.06. The lowest BCUT2D eigenvalue weighted by molar-refractivity contribution is -0.138. The topological polar surface area (TPSA) is 56.7 Å². The van der Waals surface area contributed by atoms with Crippen LogP contribution >= 0.6 is 0 Å². The zero-order valence-electron chi connectivity index (χ0n) is 13.2. The lowest BCUT2D eigenvalue weighted by Gasteiger charge is -2.36. The van der Waals surface area contributed by atoms with Crippen molar-refractivity contribution in [3.05, 3.63) is 54.2 Å². The van der Waals surface area contributed by atoms with Crippen LogP contribution in [0, 0.1) is 0 Å². The first-order valence-corrected chi connectivity index (χ1v) is 7.85. The van der Waals surface area contributed by atoms with Crippen LogP contribution in [0.15, 0.2) is 48.7 Å². The molecule has 120 valence electrons. The molecular formula is C18H21N3O2. The first kappa shape index (κ1) is 15.3. The summed E-state index contributed by atoms with van der Waals surface area (Å²) in [5, 5.41) is 9.55. The molecule has 5 heteroatoms. The van der Waals surface area contributed by atoms with Crippen LogP contribution in [0.4, 0.5) is 11.5 Å². The van der Waals surface area contributed by atoms with Crippen LogP contribution in [0.5, 0.6) is 0 Å². The molecular weight excluding hydrogens is 290 g/mol. The summed E-state index contributed by atoms with van der Waals surface area (Å²) in [5.74, 6) is -0.280. The maximum absolute atomic E-state index is 11.6. The van der Waals surface area contributed by atoms with E-state index in [1.165, 1.54) is 0 Å². The average molecular weight is 311 g/mol. The van der Waals surface area contributed by atoms with Crippen molar-refractivity contribution in [1.82, 2.24) is 4.98 Å². The van der Waals surface area contributed by atoms with E-state index in [4.69, 9.17) is 0 Å². The smallest absolute Gasteiger partial charge is 0.311 e. The largest absolute Gasteiger partial charge is 0.481 e.